The van der Waals surface area contributed by atoms with Gasteiger partial charge in [-0.3, -0.25) is 14.5 Å². The molecule has 2 amide bonds. The smallest absolute Gasteiger partial charge is 0.234 e. The van der Waals surface area contributed by atoms with E-state index in [0.717, 1.165) is 41.7 Å². The Balaban J connectivity index is 1.47. The molecule has 0 unspecified atom stereocenters. The summed E-state index contributed by atoms with van der Waals surface area (Å²) in [6, 6.07) is 16.1. The Morgan fingerprint density at radius 1 is 1.06 bits per heavy atom. The number of nitrogens with one attached hydrogen (secondary N) is 2. The Labute approximate surface area is 212 Å². The molecule has 8 heteroatoms. The molecule has 4 rings (SSSR count). The van der Waals surface area contributed by atoms with E-state index >= 15 is 0 Å². The molecule has 1 aliphatic heterocycles. The summed E-state index contributed by atoms with van der Waals surface area (Å²) in [5.74, 6) is 0.819. The van der Waals surface area contributed by atoms with E-state index in [1.54, 1.807) is 12.5 Å². The molecule has 36 heavy (non-hydrogen) atoms. The number of carbonyl (C=O) groups excluding carboxylic acids is 2. The van der Waals surface area contributed by atoms with Gasteiger partial charge in [0.2, 0.25) is 11.8 Å². The highest BCUT2D eigenvalue weighted by molar-refractivity contribution is 5.79. The number of fused-ring (bicyclic) bond motifs is 1. The zero-order valence-electron chi connectivity index (χ0n) is 20.7. The number of hydrogen-bond acceptors (Lipinski definition) is 5. The van der Waals surface area contributed by atoms with Gasteiger partial charge in [-0.1, -0.05) is 42.5 Å². The minimum Gasteiger partial charge on any atom is -0.493 e. The van der Waals surface area contributed by atoms with Crippen LogP contribution in [0.3, 0.4) is 0 Å². The van der Waals surface area contributed by atoms with Crippen molar-refractivity contribution < 1.29 is 14.3 Å². The number of ether oxygens (including phenoxy) is 1. The minimum atomic E-state index is -0.0267. The van der Waals surface area contributed by atoms with Gasteiger partial charge in [-0.25, -0.2) is 4.98 Å². The predicted octanol–water partition coefficient (Wildman–Crippen LogP) is 2.92. The Morgan fingerprint density at radius 2 is 1.94 bits per heavy atom. The number of rotatable bonds is 7. The van der Waals surface area contributed by atoms with Gasteiger partial charge in [0.25, 0.3) is 0 Å². The van der Waals surface area contributed by atoms with Crippen LogP contribution in [0.15, 0.2) is 67.3 Å². The van der Waals surface area contributed by atoms with E-state index in [1.165, 1.54) is 0 Å². The van der Waals surface area contributed by atoms with E-state index in [4.69, 9.17) is 4.74 Å². The van der Waals surface area contributed by atoms with Crippen LogP contribution in [0.5, 0.6) is 5.75 Å². The second kappa shape index (κ2) is 13.4. The third-order valence-electron chi connectivity index (χ3n) is 6.15. The van der Waals surface area contributed by atoms with Crippen molar-refractivity contribution in [1.82, 2.24) is 25.1 Å². The van der Waals surface area contributed by atoms with Crippen LogP contribution in [0.2, 0.25) is 0 Å². The lowest BCUT2D eigenvalue weighted by atomic mass is 10.1. The first kappa shape index (κ1) is 25.4. The van der Waals surface area contributed by atoms with Gasteiger partial charge in [0.15, 0.2) is 0 Å². The first-order chi connectivity index (χ1) is 17.7. The standard InChI is InChI=1S/C28H35N5O3/c34-27(31-13-15-32-14-12-29-22-32)18-24-9-10-26-25(17-24)20-33(19-23-7-3-1-4-8-23)21-28(35)30-11-5-2-6-16-36-26/h1,3-4,7-10,12,14,17,22H,2,5-6,11,13,15-16,18-21H2,(H,30,35)(H,31,34). The quantitative estimate of drug-likeness (QED) is 0.533. The summed E-state index contributed by atoms with van der Waals surface area (Å²) >= 11 is 0. The highest BCUT2D eigenvalue weighted by atomic mass is 16.5. The number of hydrogen-bond donors (Lipinski definition) is 2. The summed E-state index contributed by atoms with van der Waals surface area (Å²) in [5.41, 5.74) is 3.05. The molecule has 0 saturated heterocycles. The van der Waals surface area contributed by atoms with Crippen molar-refractivity contribution >= 4 is 11.8 Å². The zero-order chi connectivity index (χ0) is 25.0. The molecule has 0 spiro atoms. The van der Waals surface area contributed by atoms with Crippen molar-refractivity contribution in [3.05, 3.63) is 83.9 Å². The summed E-state index contributed by atoms with van der Waals surface area (Å²) in [6.07, 6.45) is 8.50. The van der Waals surface area contributed by atoms with Crippen molar-refractivity contribution in [3.63, 3.8) is 0 Å². The van der Waals surface area contributed by atoms with Gasteiger partial charge >= 0.3 is 0 Å². The molecule has 2 N–H and O–H groups in total. The lowest BCUT2D eigenvalue weighted by molar-refractivity contribution is -0.122. The van der Waals surface area contributed by atoms with Crippen LogP contribution in [0.1, 0.15) is 36.0 Å². The molecule has 0 bridgehead atoms. The fourth-order valence-corrected chi connectivity index (χ4v) is 4.32. The maximum atomic E-state index is 12.7. The largest absolute Gasteiger partial charge is 0.493 e. The van der Waals surface area contributed by atoms with Crippen molar-refractivity contribution in [1.29, 1.82) is 0 Å². The first-order valence-electron chi connectivity index (χ1n) is 12.7. The molecule has 0 aliphatic carbocycles. The normalized spacial score (nSPS) is 15.4. The highest BCUT2D eigenvalue weighted by Crippen LogP contribution is 2.24. The predicted molar refractivity (Wildman–Crippen MR) is 138 cm³/mol. The van der Waals surface area contributed by atoms with Crippen LogP contribution < -0.4 is 15.4 Å². The van der Waals surface area contributed by atoms with E-state index in [1.807, 2.05) is 47.2 Å². The van der Waals surface area contributed by atoms with Gasteiger partial charge in [-0.15, -0.1) is 0 Å². The maximum Gasteiger partial charge on any atom is 0.234 e. The number of amides is 2. The summed E-state index contributed by atoms with van der Waals surface area (Å²) in [4.78, 5) is 31.4. The van der Waals surface area contributed by atoms with Gasteiger partial charge in [-0.2, -0.15) is 0 Å². The van der Waals surface area contributed by atoms with Crippen LogP contribution in [0.4, 0.5) is 0 Å². The van der Waals surface area contributed by atoms with Gasteiger partial charge in [0.05, 0.1) is 25.9 Å². The fraction of sp³-hybridized carbons (Fsp3) is 0.393. The number of imidazole rings is 1. The van der Waals surface area contributed by atoms with Crippen LogP contribution in [-0.2, 0) is 35.6 Å². The molecular formula is C28H35N5O3. The minimum absolute atomic E-state index is 0.0267. The first-order valence-corrected chi connectivity index (χ1v) is 12.7. The lowest BCUT2D eigenvalue weighted by Crippen LogP contribution is -2.37. The van der Waals surface area contributed by atoms with Gasteiger partial charge in [0.1, 0.15) is 5.75 Å². The van der Waals surface area contributed by atoms with Crippen LogP contribution >= 0.6 is 0 Å². The average Bonchev–Trinajstić information content (AvgIpc) is 3.38. The van der Waals surface area contributed by atoms with Gasteiger partial charge in [0, 0.05) is 50.7 Å². The summed E-state index contributed by atoms with van der Waals surface area (Å²) < 4.78 is 8.08. The SMILES string of the molecule is O=C(Cc1ccc2c(c1)CN(Cc1ccccc1)CC(=O)NCCCCCO2)NCCn1ccnc1. The lowest BCUT2D eigenvalue weighted by Gasteiger charge is -2.23. The third-order valence-corrected chi connectivity index (χ3v) is 6.15. The average molecular weight is 490 g/mol. The summed E-state index contributed by atoms with van der Waals surface area (Å²) in [5, 5.41) is 6.03. The number of benzene rings is 2. The second-order valence-electron chi connectivity index (χ2n) is 9.16. The van der Waals surface area contributed by atoms with E-state index in [-0.39, 0.29) is 18.2 Å². The molecule has 1 aromatic heterocycles. The molecule has 2 heterocycles. The van der Waals surface area contributed by atoms with Crippen LogP contribution in [-0.4, -0.2) is 52.5 Å². The molecule has 1 aliphatic rings. The molecule has 0 saturated carbocycles. The van der Waals surface area contributed by atoms with E-state index in [0.29, 0.717) is 45.9 Å². The Bertz CT molecular complexity index is 1100. The molecule has 8 nitrogen and oxygen atoms in total. The second-order valence-corrected chi connectivity index (χ2v) is 9.16. The molecule has 0 atom stereocenters. The number of nitrogens with zero attached hydrogens (tertiary/aromatic N) is 3. The van der Waals surface area contributed by atoms with E-state index in [9.17, 15) is 9.59 Å². The van der Waals surface area contributed by atoms with Crippen molar-refractivity contribution in [2.45, 2.75) is 45.3 Å². The van der Waals surface area contributed by atoms with E-state index in [2.05, 4.69) is 32.7 Å². The van der Waals surface area contributed by atoms with Crippen molar-refractivity contribution in [3.8, 4) is 5.75 Å². The Hall–Kier alpha value is -3.65. The third kappa shape index (κ3) is 8.23. The van der Waals surface area contributed by atoms with Crippen LogP contribution in [0.25, 0.3) is 0 Å². The molecule has 0 radical (unpaired) electrons. The number of carbonyl (C=O) groups is 2. The highest BCUT2D eigenvalue weighted by Gasteiger charge is 2.17. The van der Waals surface area contributed by atoms with Gasteiger partial charge < -0.3 is 19.9 Å². The monoisotopic (exact) mass is 489 g/mol. The summed E-state index contributed by atoms with van der Waals surface area (Å²) in [6.45, 7) is 4.04. The number of aromatic nitrogens is 2. The van der Waals surface area contributed by atoms with Gasteiger partial charge in [-0.05, 0) is 36.5 Å². The zero-order valence-corrected chi connectivity index (χ0v) is 20.7. The molecule has 2 aromatic carbocycles. The molecule has 190 valence electrons. The Morgan fingerprint density at radius 3 is 2.78 bits per heavy atom. The summed E-state index contributed by atoms with van der Waals surface area (Å²) in [7, 11) is 0. The van der Waals surface area contributed by atoms with Crippen molar-refractivity contribution in [2.24, 2.45) is 0 Å². The molecular weight excluding hydrogens is 454 g/mol. The molecule has 3 aromatic rings. The van der Waals surface area contributed by atoms with E-state index < -0.39 is 0 Å². The maximum absolute atomic E-state index is 12.7. The van der Waals surface area contributed by atoms with Crippen molar-refractivity contribution in [2.75, 3.05) is 26.2 Å². The Kier molecular flexibility index (Phi) is 9.50. The van der Waals surface area contributed by atoms with Crippen LogP contribution in [0, 0.1) is 0 Å². The fourth-order valence-electron chi connectivity index (χ4n) is 4.32. The topological polar surface area (TPSA) is 88.5 Å². The molecule has 0 fully saturated rings.